The van der Waals surface area contributed by atoms with Gasteiger partial charge in [0.15, 0.2) is 11.5 Å². The van der Waals surface area contributed by atoms with E-state index in [9.17, 15) is 22.8 Å². The van der Waals surface area contributed by atoms with E-state index in [-0.39, 0.29) is 47.8 Å². The van der Waals surface area contributed by atoms with Crippen molar-refractivity contribution in [2.45, 2.75) is 43.2 Å². The van der Waals surface area contributed by atoms with E-state index in [0.29, 0.717) is 29.9 Å². The van der Waals surface area contributed by atoms with E-state index in [1.165, 1.54) is 44.7 Å². The van der Waals surface area contributed by atoms with Crippen LogP contribution in [0.2, 0.25) is 0 Å². The molecular formula is C26H33N3O8S. The molecule has 206 valence electrons. The van der Waals surface area contributed by atoms with E-state index in [4.69, 9.17) is 14.2 Å². The second kappa shape index (κ2) is 12.7. The molecule has 0 bridgehead atoms. The number of para-hydroxylation sites is 1. The van der Waals surface area contributed by atoms with Gasteiger partial charge in [0.1, 0.15) is 6.04 Å². The predicted molar refractivity (Wildman–Crippen MR) is 139 cm³/mol. The van der Waals surface area contributed by atoms with E-state index < -0.39 is 22.0 Å². The maximum absolute atomic E-state index is 13.3. The molecule has 0 saturated carbocycles. The highest BCUT2D eigenvalue weighted by Crippen LogP contribution is 2.31. The molecule has 3 rings (SSSR count). The quantitative estimate of drug-likeness (QED) is 0.427. The number of carbonyl (C=O) groups is 3. The van der Waals surface area contributed by atoms with Crippen molar-refractivity contribution >= 4 is 27.8 Å². The Morgan fingerprint density at radius 3 is 2.29 bits per heavy atom. The van der Waals surface area contributed by atoms with E-state index in [2.05, 4.69) is 10.6 Å². The van der Waals surface area contributed by atoms with E-state index in [1.54, 1.807) is 30.3 Å². The van der Waals surface area contributed by atoms with Gasteiger partial charge in [-0.25, -0.2) is 13.2 Å². The molecule has 11 nitrogen and oxygen atoms in total. The van der Waals surface area contributed by atoms with E-state index >= 15 is 0 Å². The number of piperidine rings is 1. The number of methoxy groups -OCH3 is 3. The van der Waals surface area contributed by atoms with Crippen LogP contribution in [0.25, 0.3) is 0 Å². The Morgan fingerprint density at radius 2 is 1.68 bits per heavy atom. The normalized spacial score (nSPS) is 15.3. The van der Waals surface area contributed by atoms with Gasteiger partial charge in [0.2, 0.25) is 21.8 Å². The van der Waals surface area contributed by atoms with Crippen molar-refractivity contribution in [2.24, 2.45) is 0 Å². The first-order valence-electron chi connectivity index (χ1n) is 12.1. The monoisotopic (exact) mass is 547 g/mol. The third-order valence-corrected chi connectivity index (χ3v) is 8.27. The molecule has 2 N–H and O–H groups in total. The zero-order valence-electron chi connectivity index (χ0n) is 21.9. The number of rotatable bonds is 10. The molecular weight excluding hydrogens is 514 g/mol. The minimum Gasteiger partial charge on any atom is -0.493 e. The van der Waals surface area contributed by atoms with Crippen LogP contribution in [0.1, 0.15) is 35.7 Å². The molecule has 1 aliphatic heterocycles. The van der Waals surface area contributed by atoms with Gasteiger partial charge in [-0.05, 0) is 31.0 Å². The molecule has 1 fully saturated rings. The van der Waals surface area contributed by atoms with Gasteiger partial charge in [-0.1, -0.05) is 24.3 Å². The fourth-order valence-electron chi connectivity index (χ4n) is 4.44. The molecule has 0 spiro atoms. The molecule has 2 aromatic carbocycles. The number of benzene rings is 2. The Bertz CT molecular complexity index is 1270. The Hall–Kier alpha value is -3.64. The lowest BCUT2D eigenvalue weighted by molar-refractivity contribution is -0.128. The summed E-state index contributed by atoms with van der Waals surface area (Å²) in [5.41, 5.74) is 0.655. The van der Waals surface area contributed by atoms with Gasteiger partial charge in [-0.2, -0.15) is 4.31 Å². The number of esters is 1. The molecule has 12 heteroatoms. The maximum atomic E-state index is 13.3. The summed E-state index contributed by atoms with van der Waals surface area (Å²) in [6.07, 6.45) is 0.893. The van der Waals surface area contributed by atoms with Crippen LogP contribution in [0.15, 0.2) is 47.4 Å². The average molecular weight is 548 g/mol. The Labute approximate surface area is 222 Å². The number of hydrogen-bond donors (Lipinski definition) is 2. The first-order valence-corrected chi connectivity index (χ1v) is 13.5. The molecule has 0 aliphatic carbocycles. The standard InChI is InChI=1S/C26H33N3O8S/c1-17(30)27-21(16-18-8-7-10-22(35-2)24(18)36-3)25(31)28-19-12-14-29(15-13-19)38(33,34)23-11-6-5-9-20(23)26(32)37-4/h5-11,19,21H,12-16H2,1-4H3,(H,27,30)(H,28,31)/t21-/m0/s1. The second-order valence-corrected chi connectivity index (χ2v) is 10.7. The van der Waals surface area contributed by atoms with Crippen LogP contribution in [0.4, 0.5) is 0 Å². The predicted octanol–water partition coefficient (Wildman–Crippen LogP) is 1.51. The minimum atomic E-state index is -3.95. The maximum Gasteiger partial charge on any atom is 0.339 e. The first-order chi connectivity index (χ1) is 18.1. The number of hydrogen-bond acceptors (Lipinski definition) is 8. The summed E-state index contributed by atoms with van der Waals surface area (Å²) in [6, 6.07) is 10.0. The molecule has 0 radical (unpaired) electrons. The Kier molecular flexibility index (Phi) is 9.70. The summed E-state index contributed by atoms with van der Waals surface area (Å²) in [5.74, 6) is -0.499. The molecule has 1 saturated heterocycles. The van der Waals surface area contributed by atoms with Crippen molar-refractivity contribution in [3.05, 3.63) is 53.6 Å². The molecule has 1 aliphatic rings. The Balaban J connectivity index is 1.69. The van der Waals surface area contributed by atoms with Crippen molar-refractivity contribution in [3.63, 3.8) is 0 Å². The zero-order chi connectivity index (χ0) is 27.9. The first kappa shape index (κ1) is 28.9. The summed E-state index contributed by atoms with van der Waals surface area (Å²) < 4.78 is 43.3. The van der Waals surface area contributed by atoms with Crippen LogP contribution in [0.5, 0.6) is 11.5 Å². The highest BCUT2D eigenvalue weighted by molar-refractivity contribution is 7.89. The van der Waals surface area contributed by atoms with Crippen LogP contribution >= 0.6 is 0 Å². The largest absolute Gasteiger partial charge is 0.493 e. The number of ether oxygens (including phenoxy) is 3. The fourth-order valence-corrected chi connectivity index (χ4v) is 6.09. The number of sulfonamides is 1. The van der Waals surface area contributed by atoms with Gasteiger partial charge in [0.25, 0.3) is 0 Å². The zero-order valence-corrected chi connectivity index (χ0v) is 22.7. The number of nitrogens with zero attached hydrogens (tertiary/aromatic N) is 1. The molecule has 0 aromatic heterocycles. The van der Waals surface area contributed by atoms with Gasteiger partial charge in [0.05, 0.1) is 31.8 Å². The fraction of sp³-hybridized carbons (Fsp3) is 0.423. The molecule has 2 aromatic rings. The third kappa shape index (κ3) is 6.62. The number of carbonyl (C=O) groups excluding carboxylic acids is 3. The lowest BCUT2D eigenvalue weighted by Crippen LogP contribution is -2.53. The lowest BCUT2D eigenvalue weighted by atomic mass is 10.0. The molecule has 1 heterocycles. The van der Waals surface area contributed by atoms with Gasteiger partial charge in [0, 0.05) is 38.0 Å². The Morgan fingerprint density at radius 1 is 1.00 bits per heavy atom. The van der Waals surface area contributed by atoms with Crippen molar-refractivity contribution < 1.29 is 37.0 Å². The smallest absolute Gasteiger partial charge is 0.339 e. The molecule has 2 amide bonds. The van der Waals surface area contributed by atoms with Gasteiger partial charge >= 0.3 is 5.97 Å². The van der Waals surface area contributed by atoms with Gasteiger partial charge < -0.3 is 24.8 Å². The summed E-state index contributed by atoms with van der Waals surface area (Å²) >= 11 is 0. The van der Waals surface area contributed by atoms with Crippen molar-refractivity contribution in [2.75, 3.05) is 34.4 Å². The van der Waals surface area contributed by atoms with Gasteiger partial charge in [-0.3, -0.25) is 9.59 Å². The highest BCUT2D eigenvalue weighted by atomic mass is 32.2. The highest BCUT2D eigenvalue weighted by Gasteiger charge is 2.33. The lowest BCUT2D eigenvalue weighted by Gasteiger charge is -2.32. The minimum absolute atomic E-state index is 0.0310. The summed E-state index contributed by atoms with van der Waals surface area (Å²) in [4.78, 5) is 37.0. The van der Waals surface area contributed by atoms with Gasteiger partial charge in [-0.15, -0.1) is 0 Å². The summed E-state index contributed by atoms with van der Waals surface area (Å²) in [6.45, 7) is 1.63. The summed E-state index contributed by atoms with van der Waals surface area (Å²) in [5, 5.41) is 5.63. The number of nitrogens with one attached hydrogen (secondary N) is 2. The van der Waals surface area contributed by atoms with Crippen molar-refractivity contribution in [1.29, 1.82) is 0 Å². The third-order valence-electron chi connectivity index (χ3n) is 6.31. The summed E-state index contributed by atoms with van der Waals surface area (Å²) in [7, 11) is 0.257. The van der Waals surface area contributed by atoms with Crippen LogP contribution in [-0.4, -0.2) is 77.0 Å². The second-order valence-electron chi connectivity index (χ2n) is 8.78. The number of amides is 2. The van der Waals surface area contributed by atoms with Crippen LogP contribution < -0.4 is 20.1 Å². The van der Waals surface area contributed by atoms with Crippen LogP contribution in [-0.2, 0) is 30.8 Å². The molecule has 1 atom stereocenters. The van der Waals surface area contributed by atoms with Crippen LogP contribution in [0.3, 0.4) is 0 Å². The molecule has 38 heavy (non-hydrogen) atoms. The van der Waals surface area contributed by atoms with Crippen molar-refractivity contribution in [1.82, 2.24) is 14.9 Å². The molecule has 0 unspecified atom stereocenters. The average Bonchev–Trinajstić information content (AvgIpc) is 2.92. The SMILES string of the molecule is COC(=O)c1ccccc1S(=O)(=O)N1CCC(NC(=O)[C@H](Cc2cccc(OC)c2OC)NC(C)=O)CC1. The van der Waals surface area contributed by atoms with Crippen LogP contribution in [0, 0.1) is 0 Å². The van der Waals surface area contributed by atoms with E-state index in [0.717, 1.165) is 0 Å². The van der Waals surface area contributed by atoms with Crippen molar-refractivity contribution in [3.8, 4) is 11.5 Å². The topological polar surface area (TPSA) is 140 Å². The van der Waals surface area contributed by atoms with E-state index in [1.807, 2.05) is 0 Å².